The molecule has 2 fully saturated rings. The van der Waals surface area contributed by atoms with Crippen LogP contribution in [0.5, 0.6) is 5.75 Å². The van der Waals surface area contributed by atoms with E-state index in [9.17, 15) is 13.2 Å². The molecule has 1 aromatic rings. The van der Waals surface area contributed by atoms with E-state index in [0.717, 1.165) is 37.8 Å². The van der Waals surface area contributed by atoms with E-state index in [4.69, 9.17) is 4.74 Å². The smallest absolute Gasteiger partial charge is 0.254 e. The highest BCUT2D eigenvalue weighted by atomic mass is 32.2. The second-order valence-corrected chi connectivity index (χ2v) is 9.13. The predicted molar refractivity (Wildman–Crippen MR) is 92.8 cm³/mol. The molecule has 3 rings (SSSR count). The van der Waals surface area contributed by atoms with Gasteiger partial charge in [0.1, 0.15) is 11.9 Å². The van der Waals surface area contributed by atoms with Crippen LogP contribution in [0.25, 0.3) is 0 Å². The molecule has 6 nitrogen and oxygen atoms in total. The van der Waals surface area contributed by atoms with Crippen molar-refractivity contribution >= 4 is 10.0 Å². The summed E-state index contributed by atoms with van der Waals surface area (Å²) >= 11 is 0. The molecule has 0 bridgehead atoms. The van der Waals surface area contributed by atoms with Gasteiger partial charge in [0.05, 0.1) is 11.8 Å². The minimum absolute atomic E-state index is 0.116. The van der Waals surface area contributed by atoms with Crippen LogP contribution >= 0.6 is 0 Å². The number of rotatable bonds is 4. The summed E-state index contributed by atoms with van der Waals surface area (Å²) in [4.78, 5) is 11.8. The van der Waals surface area contributed by atoms with Gasteiger partial charge in [-0.25, -0.2) is 8.42 Å². The Kier molecular flexibility index (Phi) is 5.01. The summed E-state index contributed by atoms with van der Waals surface area (Å²) in [6.45, 7) is 2.74. The average Bonchev–Trinajstić information content (AvgIpc) is 3.02. The second-order valence-electron chi connectivity index (χ2n) is 6.92. The molecule has 2 aliphatic rings. The summed E-state index contributed by atoms with van der Waals surface area (Å²) in [5.74, 6) is 0.525. The molecule has 0 radical (unpaired) electrons. The van der Waals surface area contributed by atoms with Crippen LogP contribution in [-0.4, -0.2) is 41.7 Å². The molecule has 1 aliphatic carbocycles. The van der Waals surface area contributed by atoms with Gasteiger partial charge in [-0.3, -0.25) is 4.79 Å². The molecule has 1 atom stereocenters. The van der Waals surface area contributed by atoms with Crippen molar-refractivity contribution in [1.82, 2.24) is 8.87 Å². The van der Waals surface area contributed by atoms with Crippen molar-refractivity contribution in [3.63, 3.8) is 0 Å². The minimum atomic E-state index is -3.22. The summed E-state index contributed by atoms with van der Waals surface area (Å²) < 4.78 is 34.5. The fraction of sp³-hybridized carbons (Fsp3) is 0.706. The zero-order chi connectivity index (χ0) is 17.3. The first-order valence-electron chi connectivity index (χ1n) is 8.71. The molecule has 0 N–H and O–H groups in total. The van der Waals surface area contributed by atoms with Crippen molar-refractivity contribution in [2.24, 2.45) is 7.05 Å². The Morgan fingerprint density at radius 2 is 1.83 bits per heavy atom. The molecular formula is C17H26N2O4S. The van der Waals surface area contributed by atoms with E-state index in [1.54, 1.807) is 15.9 Å². The van der Waals surface area contributed by atoms with Crippen molar-refractivity contribution in [2.75, 3.05) is 13.1 Å². The van der Waals surface area contributed by atoms with Crippen molar-refractivity contribution in [3.05, 3.63) is 28.2 Å². The maximum Gasteiger partial charge on any atom is 0.254 e. The topological polar surface area (TPSA) is 68.6 Å². The van der Waals surface area contributed by atoms with Gasteiger partial charge in [-0.15, -0.1) is 0 Å². The number of sulfonamides is 1. The summed E-state index contributed by atoms with van der Waals surface area (Å²) in [7, 11) is -1.50. The first-order chi connectivity index (χ1) is 11.4. The number of nitrogens with zero attached hydrogens (tertiary/aromatic N) is 2. The molecule has 1 aliphatic heterocycles. The number of pyridine rings is 1. The van der Waals surface area contributed by atoms with E-state index < -0.39 is 10.0 Å². The lowest BCUT2D eigenvalue weighted by molar-refractivity contribution is 0.214. The fourth-order valence-electron chi connectivity index (χ4n) is 3.60. The molecule has 0 amide bonds. The molecule has 7 heteroatoms. The summed E-state index contributed by atoms with van der Waals surface area (Å²) in [6, 6.07) is 3.28. The number of aryl methyl sites for hydroxylation is 1. The molecule has 1 saturated carbocycles. The van der Waals surface area contributed by atoms with E-state index >= 15 is 0 Å². The maximum absolute atomic E-state index is 12.8. The highest BCUT2D eigenvalue weighted by Crippen LogP contribution is 2.29. The van der Waals surface area contributed by atoms with Crippen molar-refractivity contribution < 1.29 is 13.2 Å². The van der Waals surface area contributed by atoms with Crippen LogP contribution in [0.3, 0.4) is 0 Å². The quantitative estimate of drug-likeness (QED) is 0.827. The van der Waals surface area contributed by atoms with E-state index in [-0.39, 0.29) is 16.9 Å². The highest BCUT2D eigenvalue weighted by Gasteiger charge is 2.38. The van der Waals surface area contributed by atoms with Gasteiger partial charge in [0.15, 0.2) is 0 Å². The van der Waals surface area contributed by atoms with Crippen LogP contribution in [0.4, 0.5) is 0 Å². The van der Waals surface area contributed by atoms with Crippen molar-refractivity contribution in [2.45, 2.75) is 56.8 Å². The summed E-state index contributed by atoms with van der Waals surface area (Å²) in [6.07, 6.45) is 5.18. The van der Waals surface area contributed by atoms with E-state index in [0.29, 0.717) is 25.3 Å². The number of ether oxygens (including phenoxy) is 1. The monoisotopic (exact) mass is 354 g/mol. The van der Waals surface area contributed by atoms with E-state index in [1.807, 2.05) is 13.0 Å². The standard InChI is InChI=1S/C17H26N2O4S/c1-13-10-15(11-17(20)18(13)2)23-14-8-9-19(12-14)24(21,22)16-6-4-3-5-7-16/h10-11,14,16H,3-9,12H2,1-2H3. The van der Waals surface area contributed by atoms with Gasteiger partial charge >= 0.3 is 0 Å². The Balaban J connectivity index is 1.66. The second kappa shape index (κ2) is 6.88. The van der Waals surface area contributed by atoms with Gasteiger partial charge in [0.25, 0.3) is 5.56 Å². The maximum atomic E-state index is 12.8. The molecule has 1 saturated heterocycles. The lowest BCUT2D eigenvalue weighted by atomic mass is 10.0. The zero-order valence-electron chi connectivity index (χ0n) is 14.4. The van der Waals surface area contributed by atoms with Gasteiger partial charge in [-0.1, -0.05) is 19.3 Å². The Hall–Kier alpha value is -1.34. The lowest BCUT2D eigenvalue weighted by Gasteiger charge is -2.26. The van der Waals surface area contributed by atoms with Crippen molar-refractivity contribution in [1.29, 1.82) is 0 Å². The molecular weight excluding hydrogens is 328 g/mol. The molecule has 24 heavy (non-hydrogen) atoms. The Morgan fingerprint density at radius 3 is 2.50 bits per heavy atom. The summed E-state index contributed by atoms with van der Waals surface area (Å²) in [5, 5.41) is -0.226. The van der Waals surface area contributed by atoms with Gasteiger partial charge in [0.2, 0.25) is 10.0 Å². The molecule has 2 heterocycles. The Bertz CT molecular complexity index is 750. The van der Waals surface area contributed by atoms with E-state index in [2.05, 4.69) is 0 Å². The van der Waals surface area contributed by atoms with Gasteiger partial charge in [0, 0.05) is 25.4 Å². The van der Waals surface area contributed by atoms with E-state index in [1.165, 1.54) is 6.07 Å². The zero-order valence-corrected chi connectivity index (χ0v) is 15.2. The van der Waals surface area contributed by atoms with Gasteiger partial charge in [-0.2, -0.15) is 4.31 Å². The predicted octanol–water partition coefficient (Wildman–Crippen LogP) is 1.81. The molecule has 0 aromatic carbocycles. The van der Waals surface area contributed by atoms with Crippen LogP contribution in [0.1, 0.15) is 44.2 Å². The third kappa shape index (κ3) is 3.52. The minimum Gasteiger partial charge on any atom is -0.489 e. The summed E-state index contributed by atoms with van der Waals surface area (Å²) in [5.41, 5.74) is 0.705. The molecule has 0 spiro atoms. The van der Waals surface area contributed by atoms with Gasteiger partial charge in [-0.05, 0) is 32.3 Å². The van der Waals surface area contributed by atoms with Crippen LogP contribution < -0.4 is 10.3 Å². The third-order valence-corrected chi connectivity index (χ3v) is 7.59. The average molecular weight is 354 g/mol. The first-order valence-corrected chi connectivity index (χ1v) is 10.2. The van der Waals surface area contributed by atoms with Crippen molar-refractivity contribution in [3.8, 4) is 5.75 Å². The number of hydrogen-bond donors (Lipinski definition) is 0. The Morgan fingerprint density at radius 1 is 1.12 bits per heavy atom. The van der Waals surface area contributed by atoms with Crippen LogP contribution in [0, 0.1) is 6.92 Å². The SMILES string of the molecule is Cc1cc(OC2CCN(S(=O)(=O)C3CCCCC3)C2)cc(=O)n1C. The Labute approximate surface area is 143 Å². The normalized spacial score (nSPS) is 23.5. The lowest BCUT2D eigenvalue weighted by Crippen LogP contribution is -2.39. The number of hydrogen-bond acceptors (Lipinski definition) is 4. The molecule has 134 valence electrons. The third-order valence-electron chi connectivity index (χ3n) is 5.22. The largest absolute Gasteiger partial charge is 0.489 e. The fourth-order valence-corrected chi connectivity index (χ4v) is 5.68. The van der Waals surface area contributed by atoms with Gasteiger partial charge < -0.3 is 9.30 Å². The molecule has 1 unspecified atom stereocenters. The highest BCUT2D eigenvalue weighted by molar-refractivity contribution is 7.89. The first kappa shape index (κ1) is 17.5. The van der Waals surface area contributed by atoms with Crippen LogP contribution in [0.2, 0.25) is 0 Å². The number of aromatic nitrogens is 1. The van der Waals surface area contributed by atoms with Crippen LogP contribution in [0.15, 0.2) is 16.9 Å². The van der Waals surface area contributed by atoms with Crippen LogP contribution in [-0.2, 0) is 17.1 Å². The molecule has 1 aromatic heterocycles.